The van der Waals surface area contributed by atoms with Crippen molar-refractivity contribution >= 4 is 110 Å². The Morgan fingerprint density at radius 1 is 1.00 bits per heavy atom. The minimum atomic E-state index is -1.72. The van der Waals surface area contributed by atoms with Gasteiger partial charge < -0.3 is 27.7 Å². The SMILES string of the molecule is Cc1ccc(-c2ccc3c4c2ns[n+]4[BH-](Cl)c2cc(C)sc2-3)s1.[Cl-].[Cl][Al]([Cl])[Cl]. The Hall–Kier alpha value is 0.487. The van der Waals surface area contributed by atoms with E-state index in [0.717, 1.165) is 5.52 Å². The fourth-order valence-electron chi connectivity index (χ4n) is 3.37. The van der Waals surface area contributed by atoms with Gasteiger partial charge in [-0.25, -0.2) is 30.1 Å². The van der Waals surface area contributed by atoms with E-state index in [9.17, 15) is 0 Å². The van der Waals surface area contributed by atoms with Gasteiger partial charge in [0, 0.05) is 30.1 Å². The van der Waals surface area contributed by atoms with Crippen LogP contribution in [0.4, 0.5) is 0 Å². The molecular weight excluding hydrogens is 531 g/mol. The monoisotopic (exact) mass is 541 g/mol. The summed E-state index contributed by atoms with van der Waals surface area (Å²) in [7, 11) is 14.8. The Bertz CT molecular complexity index is 1140. The quantitative estimate of drug-likeness (QED) is 0.338. The van der Waals surface area contributed by atoms with Crippen molar-refractivity contribution in [3.63, 3.8) is 0 Å². The van der Waals surface area contributed by atoms with Gasteiger partial charge in [-0.3, -0.25) is 0 Å². The Morgan fingerprint density at radius 2 is 1.68 bits per heavy atom. The summed E-state index contributed by atoms with van der Waals surface area (Å²) in [6.45, 7) is 4.30. The van der Waals surface area contributed by atoms with Crippen LogP contribution in [0, 0.1) is 13.8 Å². The predicted molar refractivity (Wildman–Crippen MR) is 127 cm³/mol. The second-order valence-electron chi connectivity index (χ2n) is 6.19. The molecule has 1 atom stereocenters. The van der Waals surface area contributed by atoms with Crippen molar-refractivity contribution in [1.82, 2.24) is 4.37 Å². The molecule has 1 aliphatic heterocycles. The van der Waals surface area contributed by atoms with E-state index in [1.54, 1.807) is 0 Å². The second kappa shape index (κ2) is 9.32. The maximum Gasteiger partial charge on any atom is 0.643 e. The Balaban J connectivity index is 0.000000414. The Labute approximate surface area is 203 Å². The van der Waals surface area contributed by atoms with E-state index in [1.165, 1.54) is 53.3 Å². The van der Waals surface area contributed by atoms with E-state index < -0.39 is 17.6 Å². The van der Waals surface area contributed by atoms with Crippen molar-refractivity contribution in [3.8, 4) is 20.9 Å². The molecule has 0 spiro atoms. The van der Waals surface area contributed by atoms with Gasteiger partial charge in [0.05, 0.1) is 0 Å². The zero-order chi connectivity index (χ0) is 19.3. The summed E-state index contributed by atoms with van der Waals surface area (Å²) in [5.41, 5.74) is 6.09. The predicted octanol–water partition coefficient (Wildman–Crippen LogP) is 2.88. The summed E-state index contributed by atoms with van der Waals surface area (Å²) in [5.74, 6) is 0. The van der Waals surface area contributed by atoms with Gasteiger partial charge in [-0.2, -0.15) is 0 Å². The number of hydrogen-bond donors (Lipinski definition) is 0. The third-order valence-electron chi connectivity index (χ3n) is 4.38. The van der Waals surface area contributed by atoms with Crippen molar-refractivity contribution in [3.05, 3.63) is 40.1 Å². The van der Waals surface area contributed by atoms with Gasteiger partial charge in [-0.05, 0) is 43.0 Å². The first-order valence-electron chi connectivity index (χ1n) is 8.12. The minimum Gasteiger partial charge on any atom is -1.00 e. The summed E-state index contributed by atoms with van der Waals surface area (Å²) in [5, 5.41) is 0. The van der Waals surface area contributed by atoms with Crippen LogP contribution < -0.4 is 21.7 Å². The van der Waals surface area contributed by atoms with Crippen LogP contribution in [0.2, 0.25) is 0 Å². The standard InChI is InChI=1S/C16H12BClN2S3.Al.4ClH/c1-8-3-6-13(21-8)10-4-5-11-15-14(10)19-23-20(15)17(18)12-7-9(2)22-16(11)12;;;;;/h3-7,17H,1-2H3;;4*1H/q;+3;;;;/p-4. The lowest BCUT2D eigenvalue weighted by Gasteiger charge is -2.20. The fourth-order valence-corrected chi connectivity index (χ4v) is 6.80. The molecule has 12 heteroatoms. The highest BCUT2D eigenvalue weighted by Crippen LogP contribution is 2.39. The average Bonchev–Trinajstić information content (AvgIpc) is 3.30. The number of benzene rings is 1. The summed E-state index contributed by atoms with van der Waals surface area (Å²) in [4.78, 5) is 5.25. The van der Waals surface area contributed by atoms with Crippen molar-refractivity contribution in [1.29, 1.82) is 0 Å². The molecule has 0 radical (unpaired) electrons. The highest BCUT2D eigenvalue weighted by atomic mass is 35.8. The first kappa shape index (κ1) is 23.2. The molecule has 0 amide bonds. The minimum absolute atomic E-state index is 0. The van der Waals surface area contributed by atoms with E-state index in [4.69, 9.17) is 46.0 Å². The number of hydrogen-bond acceptors (Lipinski definition) is 4. The Kier molecular flexibility index (Phi) is 7.71. The molecule has 1 unspecified atom stereocenters. The molecule has 146 valence electrons. The molecule has 4 aromatic rings. The molecule has 1 aliphatic rings. The highest BCUT2D eigenvalue weighted by molar-refractivity contribution is 7.54. The number of halogens is 5. The average molecular weight is 544 g/mol. The van der Waals surface area contributed by atoms with Gasteiger partial charge in [0.1, 0.15) is 0 Å². The van der Waals surface area contributed by atoms with Gasteiger partial charge in [0.2, 0.25) is 17.2 Å². The van der Waals surface area contributed by atoms with E-state index in [1.807, 2.05) is 22.7 Å². The summed E-state index contributed by atoms with van der Waals surface area (Å²) >= 11 is 10.3. The van der Waals surface area contributed by atoms with Crippen molar-refractivity contribution in [2.24, 2.45) is 0 Å². The number of rotatable bonds is 1. The molecule has 1 aromatic carbocycles. The molecule has 0 saturated heterocycles. The third-order valence-corrected chi connectivity index (χ3v) is 8.11. The lowest BCUT2D eigenvalue weighted by atomic mass is 9.77. The molecule has 4 heterocycles. The summed E-state index contributed by atoms with van der Waals surface area (Å²) < 4.78 is 6.99. The molecule has 0 bridgehead atoms. The van der Waals surface area contributed by atoms with Crippen LogP contribution in [-0.2, 0) is 0 Å². The van der Waals surface area contributed by atoms with Crippen molar-refractivity contribution in [2.75, 3.05) is 0 Å². The number of nitrogens with zero attached hydrogens (tertiary/aromatic N) is 2. The largest absolute Gasteiger partial charge is 1.00 e. The zero-order valence-corrected chi connectivity index (χ0v) is 22.1. The van der Waals surface area contributed by atoms with Crippen LogP contribution in [0.25, 0.3) is 31.9 Å². The number of aromatic nitrogens is 2. The van der Waals surface area contributed by atoms with Gasteiger partial charge in [0.15, 0.2) is 5.52 Å². The highest BCUT2D eigenvalue weighted by Gasteiger charge is 2.31. The number of fused-ring (bicyclic) bond motifs is 2. The van der Waals surface area contributed by atoms with Crippen LogP contribution >= 0.6 is 76.0 Å². The van der Waals surface area contributed by atoms with Crippen LogP contribution in [0.15, 0.2) is 30.3 Å². The third kappa shape index (κ3) is 4.27. The number of aryl methyl sites for hydroxylation is 2. The lowest BCUT2D eigenvalue weighted by molar-refractivity contribution is -0.419. The normalized spacial score (nSPS) is 14.1. The second-order valence-corrected chi connectivity index (χ2v) is 16.5. The topological polar surface area (TPSA) is 16.8 Å². The van der Waals surface area contributed by atoms with Crippen LogP contribution in [-0.4, -0.2) is 22.0 Å². The molecule has 2 nitrogen and oxygen atoms in total. The zero-order valence-electron chi connectivity index (χ0n) is 14.7. The van der Waals surface area contributed by atoms with E-state index in [-0.39, 0.29) is 12.4 Å². The molecule has 3 aromatic heterocycles. The van der Waals surface area contributed by atoms with Crippen molar-refractivity contribution in [2.45, 2.75) is 13.8 Å². The van der Waals surface area contributed by atoms with Gasteiger partial charge in [0.25, 0.3) is 0 Å². The van der Waals surface area contributed by atoms with Crippen LogP contribution in [0.5, 0.6) is 0 Å². The van der Waals surface area contributed by atoms with Crippen LogP contribution in [0.3, 0.4) is 0 Å². The molecule has 28 heavy (non-hydrogen) atoms. The van der Waals surface area contributed by atoms with E-state index in [0.29, 0.717) is 0 Å². The van der Waals surface area contributed by atoms with Crippen LogP contribution in [0.1, 0.15) is 9.75 Å². The van der Waals surface area contributed by atoms with Gasteiger partial charge in [-0.1, -0.05) is 6.07 Å². The molecule has 0 N–H and O–H groups in total. The fraction of sp³-hybridized carbons (Fsp3) is 0.125. The maximum atomic E-state index is 6.83. The van der Waals surface area contributed by atoms with Gasteiger partial charge in [-0.15, -0.1) is 28.1 Å². The molecule has 5 rings (SSSR count). The maximum absolute atomic E-state index is 6.83. The lowest BCUT2D eigenvalue weighted by Crippen LogP contribution is -3.00. The first-order chi connectivity index (χ1) is 12.9. The smallest absolute Gasteiger partial charge is 0.643 e. The van der Waals surface area contributed by atoms with Gasteiger partial charge >= 0.3 is 17.6 Å². The van der Waals surface area contributed by atoms with E-state index >= 15 is 0 Å². The summed E-state index contributed by atoms with van der Waals surface area (Å²) in [6, 6.07) is 11.1. The van der Waals surface area contributed by atoms with E-state index in [2.05, 4.69) is 48.0 Å². The first-order valence-corrected chi connectivity index (χ1v) is 16.3. The molecule has 0 saturated carbocycles. The summed E-state index contributed by atoms with van der Waals surface area (Å²) in [6.07, 6.45) is -1.08. The molecular formula is C16H12AlBCl5N2S3-. The van der Waals surface area contributed by atoms with Crippen molar-refractivity contribution < 1.29 is 16.3 Å². The molecule has 0 aliphatic carbocycles. The molecule has 0 fully saturated rings. The number of thiophene rings is 2. The Morgan fingerprint density at radius 3 is 2.32 bits per heavy atom.